The van der Waals surface area contributed by atoms with Gasteiger partial charge in [0.25, 0.3) is 0 Å². The van der Waals surface area contributed by atoms with Crippen LogP contribution in [0, 0.1) is 0 Å². The second-order valence-corrected chi connectivity index (χ2v) is 6.35. The normalized spacial score (nSPS) is 16.5. The maximum Gasteiger partial charge on any atom is 0.247 e. The van der Waals surface area contributed by atoms with Gasteiger partial charge in [-0.25, -0.2) is 10.0 Å². The number of aromatic amines is 1. The SMILES string of the molecule is O=c1ccc(C2=C3N=C(N=c4ccn5sncc5c4)NN3C=CN2)c[nH]1. The summed E-state index contributed by atoms with van der Waals surface area (Å²) in [7, 11) is 0. The van der Waals surface area contributed by atoms with Crippen LogP contribution in [0.25, 0.3) is 11.2 Å². The largest absolute Gasteiger partial charge is 0.357 e. The number of hydrogen-bond donors (Lipinski definition) is 3. The van der Waals surface area contributed by atoms with Gasteiger partial charge in [-0.05, 0) is 18.2 Å². The van der Waals surface area contributed by atoms with Gasteiger partial charge in [0.05, 0.1) is 34.5 Å². The van der Waals surface area contributed by atoms with E-state index in [4.69, 9.17) is 0 Å². The monoisotopic (exact) mass is 364 g/mol. The fraction of sp³-hybridized carbons (Fsp3) is 0. The molecule has 2 aliphatic rings. The highest BCUT2D eigenvalue weighted by atomic mass is 32.1. The minimum atomic E-state index is -0.150. The fourth-order valence-corrected chi connectivity index (χ4v) is 3.26. The summed E-state index contributed by atoms with van der Waals surface area (Å²) in [5, 5.41) is 5.72. The van der Waals surface area contributed by atoms with Gasteiger partial charge >= 0.3 is 0 Å². The average molecular weight is 364 g/mol. The first-order valence-electron chi connectivity index (χ1n) is 7.76. The molecule has 2 aliphatic heterocycles. The summed E-state index contributed by atoms with van der Waals surface area (Å²) >= 11 is 1.37. The van der Waals surface area contributed by atoms with Crippen LogP contribution in [0.1, 0.15) is 5.56 Å². The number of nitrogens with one attached hydrogen (secondary N) is 3. The molecule has 9 nitrogen and oxygen atoms in total. The third-order valence-electron chi connectivity index (χ3n) is 3.89. The third kappa shape index (κ3) is 2.48. The molecule has 0 bridgehead atoms. The maximum atomic E-state index is 11.3. The highest BCUT2D eigenvalue weighted by Crippen LogP contribution is 2.24. The van der Waals surface area contributed by atoms with Gasteiger partial charge in [-0.1, -0.05) is 0 Å². The summed E-state index contributed by atoms with van der Waals surface area (Å²) in [6.07, 6.45) is 8.96. The van der Waals surface area contributed by atoms with Crippen molar-refractivity contribution in [3.05, 3.63) is 82.4 Å². The first-order valence-corrected chi connectivity index (χ1v) is 8.49. The van der Waals surface area contributed by atoms with Gasteiger partial charge in [0.15, 0.2) is 5.82 Å². The van der Waals surface area contributed by atoms with E-state index in [-0.39, 0.29) is 5.56 Å². The lowest BCUT2D eigenvalue weighted by Gasteiger charge is -2.21. The van der Waals surface area contributed by atoms with E-state index >= 15 is 0 Å². The van der Waals surface area contributed by atoms with Crippen molar-refractivity contribution < 1.29 is 0 Å². The Morgan fingerprint density at radius 2 is 2.19 bits per heavy atom. The summed E-state index contributed by atoms with van der Waals surface area (Å²) in [5.41, 5.74) is 5.55. The maximum absolute atomic E-state index is 11.3. The Morgan fingerprint density at radius 3 is 3.08 bits per heavy atom. The molecule has 0 aromatic carbocycles. The lowest BCUT2D eigenvalue weighted by atomic mass is 10.2. The second-order valence-electron chi connectivity index (χ2n) is 5.58. The van der Waals surface area contributed by atoms with E-state index in [1.165, 1.54) is 17.8 Å². The Balaban J connectivity index is 1.57. The molecule has 3 aromatic heterocycles. The van der Waals surface area contributed by atoms with E-state index in [2.05, 4.69) is 30.1 Å². The number of rotatable bonds is 1. The number of H-pyrrole nitrogens is 1. The molecule has 0 saturated heterocycles. The lowest BCUT2D eigenvalue weighted by Crippen LogP contribution is -2.34. The minimum Gasteiger partial charge on any atom is -0.357 e. The molecule has 0 atom stereocenters. The summed E-state index contributed by atoms with van der Waals surface area (Å²) in [6.45, 7) is 0. The number of nitrogens with zero attached hydrogens (tertiary/aromatic N) is 5. The van der Waals surface area contributed by atoms with Crippen LogP contribution >= 0.6 is 11.7 Å². The Bertz CT molecular complexity index is 1210. The van der Waals surface area contributed by atoms with Gasteiger partial charge in [-0.2, -0.15) is 9.37 Å². The molecule has 10 heteroatoms. The molecule has 3 N–H and O–H groups in total. The third-order valence-corrected chi connectivity index (χ3v) is 4.60. The predicted octanol–water partition coefficient (Wildman–Crippen LogP) is 0.562. The molecule has 3 aromatic rings. The quantitative estimate of drug-likeness (QED) is 0.586. The lowest BCUT2D eigenvalue weighted by molar-refractivity contribution is 0.432. The molecular formula is C16H12N8OS. The zero-order valence-corrected chi connectivity index (χ0v) is 14.1. The Hall–Kier alpha value is -3.66. The molecule has 0 saturated carbocycles. The number of fused-ring (bicyclic) bond motifs is 2. The number of hydrazine groups is 1. The predicted molar refractivity (Wildman–Crippen MR) is 97.3 cm³/mol. The van der Waals surface area contributed by atoms with E-state index in [9.17, 15) is 4.79 Å². The molecule has 0 amide bonds. The number of aliphatic imine (C=N–C) groups is 1. The van der Waals surface area contributed by atoms with E-state index in [0.29, 0.717) is 11.8 Å². The van der Waals surface area contributed by atoms with Crippen LogP contribution in [0.3, 0.4) is 0 Å². The highest BCUT2D eigenvalue weighted by Gasteiger charge is 2.24. The van der Waals surface area contributed by atoms with Crippen LogP contribution in [-0.2, 0) is 0 Å². The highest BCUT2D eigenvalue weighted by molar-refractivity contribution is 7.00. The number of hydrogen-bond acceptors (Lipinski definition) is 8. The molecule has 0 aliphatic carbocycles. The minimum absolute atomic E-state index is 0.150. The zero-order valence-electron chi connectivity index (χ0n) is 13.2. The Morgan fingerprint density at radius 1 is 1.23 bits per heavy atom. The summed E-state index contributed by atoms with van der Waals surface area (Å²) in [4.78, 5) is 23.1. The smallest absolute Gasteiger partial charge is 0.247 e. The van der Waals surface area contributed by atoms with Gasteiger partial charge in [-0.3, -0.25) is 14.0 Å². The molecule has 0 unspecified atom stereocenters. The van der Waals surface area contributed by atoms with Crippen LogP contribution < -0.4 is 21.7 Å². The summed E-state index contributed by atoms with van der Waals surface area (Å²) in [6, 6.07) is 7.06. The van der Waals surface area contributed by atoms with Crippen molar-refractivity contribution in [2.75, 3.05) is 0 Å². The molecule has 0 radical (unpaired) electrons. The van der Waals surface area contributed by atoms with Gasteiger partial charge in [-0.15, -0.1) is 0 Å². The number of pyridine rings is 2. The molecular weight excluding hydrogens is 352 g/mol. The van der Waals surface area contributed by atoms with Gasteiger partial charge in [0.2, 0.25) is 11.5 Å². The van der Waals surface area contributed by atoms with Gasteiger partial charge < -0.3 is 10.3 Å². The van der Waals surface area contributed by atoms with Crippen LogP contribution in [-0.4, -0.2) is 24.1 Å². The first-order chi connectivity index (χ1) is 12.8. The van der Waals surface area contributed by atoms with Crippen LogP contribution in [0.5, 0.6) is 0 Å². The van der Waals surface area contributed by atoms with Crippen molar-refractivity contribution in [1.82, 2.24) is 28.9 Å². The van der Waals surface area contributed by atoms with Crippen LogP contribution in [0.15, 0.2) is 75.9 Å². The van der Waals surface area contributed by atoms with E-state index in [1.54, 1.807) is 29.7 Å². The van der Waals surface area contributed by atoms with Crippen molar-refractivity contribution in [2.24, 2.45) is 9.98 Å². The van der Waals surface area contributed by atoms with Gasteiger partial charge in [0.1, 0.15) is 0 Å². The molecule has 5 rings (SSSR count). The summed E-state index contributed by atoms with van der Waals surface area (Å²) in [5.74, 6) is 1.15. The summed E-state index contributed by atoms with van der Waals surface area (Å²) < 4.78 is 6.10. The molecule has 0 spiro atoms. The van der Waals surface area contributed by atoms with E-state index in [1.807, 2.05) is 28.3 Å². The zero-order chi connectivity index (χ0) is 17.5. The van der Waals surface area contributed by atoms with Crippen molar-refractivity contribution in [2.45, 2.75) is 0 Å². The first kappa shape index (κ1) is 14.7. The van der Waals surface area contributed by atoms with Crippen molar-refractivity contribution in [1.29, 1.82) is 0 Å². The average Bonchev–Trinajstić information content (AvgIpc) is 3.28. The fourth-order valence-electron chi connectivity index (χ4n) is 2.69. The number of aromatic nitrogens is 3. The van der Waals surface area contributed by atoms with E-state index < -0.39 is 0 Å². The number of guanidine groups is 1. The van der Waals surface area contributed by atoms with Crippen molar-refractivity contribution in [3.63, 3.8) is 0 Å². The van der Waals surface area contributed by atoms with Gasteiger partial charge in [0, 0.05) is 36.4 Å². The molecule has 26 heavy (non-hydrogen) atoms. The second kappa shape index (κ2) is 5.70. The molecule has 5 heterocycles. The van der Waals surface area contributed by atoms with Crippen LogP contribution in [0.4, 0.5) is 0 Å². The topological polar surface area (TPSA) is 102 Å². The molecule has 128 valence electrons. The molecule has 0 fully saturated rings. The van der Waals surface area contributed by atoms with Crippen LogP contribution in [0.2, 0.25) is 0 Å². The Labute approximate surface area is 150 Å². The van der Waals surface area contributed by atoms with Crippen molar-refractivity contribution >= 4 is 28.9 Å². The van der Waals surface area contributed by atoms with E-state index in [0.717, 1.165) is 22.1 Å². The standard InChI is InChI=1S/C16H12N8OS/c25-13-2-1-10(8-18-13)14-15-21-16(22-23(15)6-4-17-14)20-11-3-5-24-12(7-11)9-19-26-24/h1-9,17H,(H,18,25)(H,21,22). The Kier molecular flexibility index (Phi) is 3.22. The van der Waals surface area contributed by atoms with Crippen molar-refractivity contribution in [3.8, 4) is 0 Å².